The molecule has 2 aromatic carbocycles. The van der Waals surface area contributed by atoms with Gasteiger partial charge in [-0.3, -0.25) is 9.59 Å². The minimum Gasteiger partial charge on any atom is -0.493 e. The van der Waals surface area contributed by atoms with Crippen molar-refractivity contribution in [1.29, 1.82) is 5.26 Å². The van der Waals surface area contributed by atoms with Gasteiger partial charge in [0.15, 0.2) is 5.69 Å². The Morgan fingerprint density at radius 2 is 1.94 bits per heavy atom. The number of carbonyl (C=O) groups excluding carboxylic acids is 1. The Kier molecular flexibility index (Phi) is 7.13. The lowest BCUT2D eigenvalue weighted by Crippen LogP contribution is -2.27. The van der Waals surface area contributed by atoms with Gasteiger partial charge in [0.1, 0.15) is 5.75 Å². The van der Waals surface area contributed by atoms with E-state index in [-0.39, 0.29) is 11.4 Å². The van der Waals surface area contributed by atoms with Crippen LogP contribution in [0.25, 0.3) is 5.69 Å². The number of halogens is 3. The fraction of sp³-hybridized carbons (Fsp3) is 0.217. The SMILES string of the molecule is Cc1cc(=O)c(C(=O)Nc2cccc(OCCCC#N)c2)nn1-c1ccccc1C(F)(F)F. The zero-order valence-corrected chi connectivity index (χ0v) is 17.5. The number of aromatic nitrogens is 2. The number of nitriles is 1. The van der Waals surface area contributed by atoms with E-state index in [0.29, 0.717) is 30.9 Å². The quantitative estimate of drug-likeness (QED) is 0.528. The van der Waals surface area contributed by atoms with Gasteiger partial charge in [-0.25, -0.2) is 4.68 Å². The summed E-state index contributed by atoms with van der Waals surface area (Å²) in [5, 5.41) is 15.0. The van der Waals surface area contributed by atoms with Crippen LogP contribution in [-0.2, 0) is 6.18 Å². The predicted molar refractivity (Wildman–Crippen MR) is 114 cm³/mol. The number of alkyl halides is 3. The molecular formula is C23H19F3N4O3. The Labute approximate surface area is 187 Å². The summed E-state index contributed by atoms with van der Waals surface area (Å²) in [5.74, 6) is -0.431. The van der Waals surface area contributed by atoms with Crippen LogP contribution in [0, 0.1) is 18.3 Å². The van der Waals surface area contributed by atoms with Crippen molar-refractivity contribution in [3.8, 4) is 17.5 Å². The van der Waals surface area contributed by atoms with Crippen LogP contribution < -0.4 is 15.5 Å². The fourth-order valence-electron chi connectivity index (χ4n) is 3.04. The number of hydrogen-bond acceptors (Lipinski definition) is 5. The number of benzene rings is 2. The number of unbranched alkanes of at least 4 members (excludes halogenated alkanes) is 1. The molecule has 33 heavy (non-hydrogen) atoms. The van der Waals surface area contributed by atoms with Gasteiger partial charge in [0.2, 0.25) is 5.43 Å². The van der Waals surface area contributed by atoms with E-state index in [9.17, 15) is 22.8 Å². The lowest BCUT2D eigenvalue weighted by Gasteiger charge is -2.16. The van der Waals surface area contributed by atoms with Gasteiger partial charge in [-0.15, -0.1) is 0 Å². The minimum absolute atomic E-state index is 0.140. The molecule has 7 nitrogen and oxygen atoms in total. The smallest absolute Gasteiger partial charge is 0.418 e. The van der Waals surface area contributed by atoms with Crippen LogP contribution in [0.1, 0.15) is 34.6 Å². The van der Waals surface area contributed by atoms with E-state index >= 15 is 0 Å². The van der Waals surface area contributed by atoms with Gasteiger partial charge >= 0.3 is 6.18 Å². The van der Waals surface area contributed by atoms with E-state index in [4.69, 9.17) is 10.00 Å². The number of aryl methyl sites for hydroxylation is 1. The number of nitrogens with zero attached hydrogens (tertiary/aromatic N) is 3. The summed E-state index contributed by atoms with van der Waals surface area (Å²) in [6.45, 7) is 1.74. The molecule has 0 saturated heterocycles. The van der Waals surface area contributed by atoms with Crippen molar-refractivity contribution in [2.45, 2.75) is 25.9 Å². The maximum atomic E-state index is 13.5. The number of para-hydroxylation sites is 1. The summed E-state index contributed by atoms with van der Waals surface area (Å²) in [7, 11) is 0. The molecule has 0 aliphatic rings. The van der Waals surface area contributed by atoms with E-state index in [2.05, 4.69) is 10.4 Å². The highest BCUT2D eigenvalue weighted by Gasteiger charge is 2.34. The van der Waals surface area contributed by atoms with Crippen LogP contribution in [-0.4, -0.2) is 22.3 Å². The second-order valence-corrected chi connectivity index (χ2v) is 7.02. The average Bonchev–Trinajstić information content (AvgIpc) is 2.76. The first-order chi connectivity index (χ1) is 15.7. The molecule has 1 aromatic heterocycles. The Bertz CT molecular complexity index is 1260. The standard InChI is InChI=1S/C23H19F3N4O3/c1-15-13-20(31)21(29-30(15)19-10-3-2-9-18(19)23(24,25)26)22(32)28-16-7-6-8-17(14-16)33-12-5-4-11-27/h2-3,6-10,13-14H,4-5,12H2,1H3,(H,28,32). The predicted octanol–water partition coefficient (Wildman–Crippen LogP) is 4.49. The third-order valence-corrected chi connectivity index (χ3v) is 4.55. The number of rotatable bonds is 7. The Morgan fingerprint density at radius 1 is 1.18 bits per heavy atom. The van der Waals surface area contributed by atoms with Crippen LogP contribution in [0.15, 0.2) is 59.4 Å². The number of anilines is 1. The monoisotopic (exact) mass is 456 g/mol. The maximum Gasteiger partial charge on any atom is 0.418 e. The first kappa shape index (κ1) is 23.5. The van der Waals surface area contributed by atoms with Crippen LogP contribution >= 0.6 is 0 Å². The van der Waals surface area contributed by atoms with Crippen molar-refractivity contribution in [3.05, 3.63) is 81.8 Å². The fourth-order valence-corrected chi connectivity index (χ4v) is 3.04. The lowest BCUT2D eigenvalue weighted by molar-refractivity contribution is -0.137. The summed E-state index contributed by atoms with van der Waals surface area (Å²) in [6, 6.07) is 14.2. The highest BCUT2D eigenvalue weighted by Crippen LogP contribution is 2.33. The molecule has 3 rings (SSSR count). The highest BCUT2D eigenvalue weighted by atomic mass is 19.4. The van der Waals surface area contributed by atoms with E-state index < -0.39 is 28.8 Å². The van der Waals surface area contributed by atoms with Gasteiger partial charge in [-0.2, -0.15) is 23.5 Å². The molecule has 0 radical (unpaired) electrons. The molecule has 0 unspecified atom stereocenters. The van der Waals surface area contributed by atoms with Crippen molar-refractivity contribution in [1.82, 2.24) is 9.78 Å². The van der Waals surface area contributed by atoms with Crippen molar-refractivity contribution in [2.24, 2.45) is 0 Å². The van der Waals surface area contributed by atoms with Gasteiger partial charge in [-0.05, 0) is 37.6 Å². The topological polar surface area (TPSA) is 97.0 Å². The molecule has 0 bridgehead atoms. The molecule has 0 spiro atoms. The molecule has 1 heterocycles. The molecule has 0 saturated carbocycles. The molecule has 1 amide bonds. The summed E-state index contributed by atoms with van der Waals surface area (Å²) >= 11 is 0. The van der Waals surface area contributed by atoms with Crippen molar-refractivity contribution in [3.63, 3.8) is 0 Å². The molecule has 10 heteroatoms. The van der Waals surface area contributed by atoms with E-state index in [0.717, 1.165) is 16.8 Å². The molecule has 3 aromatic rings. The van der Waals surface area contributed by atoms with Gasteiger partial charge in [0.25, 0.3) is 5.91 Å². The van der Waals surface area contributed by atoms with Crippen LogP contribution in [0.4, 0.5) is 18.9 Å². The van der Waals surface area contributed by atoms with Crippen molar-refractivity contribution in [2.75, 3.05) is 11.9 Å². The summed E-state index contributed by atoms with van der Waals surface area (Å²) in [4.78, 5) is 25.1. The van der Waals surface area contributed by atoms with Crippen molar-refractivity contribution >= 4 is 11.6 Å². The minimum atomic E-state index is -4.65. The summed E-state index contributed by atoms with van der Waals surface area (Å²) < 4.78 is 46.8. The zero-order chi connectivity index (χ0) is 24.0. The molecule has 1 N–H and O–H groups in total. The molecule has 0 fully saturated rings. The highest BCUT2D eigenvalue weighted by molar-refractivity contribution is 6.02. The van der Waals surface area contributed by atoms with E-state index in [1.54, 1.807) is 18.2 Å². The first-order valence-corrected chi connectivity index (χ1v) is 9.89. The lowest BCUT2D eigenvalue weighted by atomic mass is 10.1. The summed E-state index contributed by atoms with van der Waals surface area (Å²) in [5.41, 5.74) is -2.09. The number of amides is 1. The van der Waals surface area contributed by atoms with E-state index in [1.807, 2.05) is 6.07 Å². The molecule has 170 valence electrons. The Hall–Kier alpha value is -4.13. The zero-order valence-electron chi connectivity index (χ0n) is 17.5. The number of carbonyl (C=O) groups is 1. The molecular weight excluding hydrogens is 437 g/mol. The van der Waals surface area contributed by atoms with Crippen LogP contribution in [0.2, 0.25) is 0 Å². The van der Waals surface area contributed by atoms with Crippen molar-refractivity contribution < 1.29 is 22.7 Å². The average molecular weight is 456 g/mol. The molecule has 0 aliphatic heterocycles. The number of hydrogen-bond donors (Lipinski definition) is 1. The van der Waals surface area contributed by atoms with Crippen LogP contribution in [0.5, 0.6) is 5.75 Å². The van der Waals surface area contributed by atoms with Gasteiger partial charge in [0, 0.05) is 29.9 Å². The second kappa shape index (κ2) is 9.99. The van der Waals surface area contributed by atoms with E-state index in [1.165, 1.54) is 31.2 Å². The van der Waals surface area contributed by atoms with Gasteiger partial charge in [0.05, 0.1) is 23.9 Å². The summed E-state index contributed by atoms with van der Waals surface area (Å²) in [6.07, 6.45) is -3.76. The van der Waals surface area contributed by atoms with Gasteiger partial charge in [-0.1, -0.05) is 18.2 Å². The third-order valence-electron chi connectivity index (χ3n) is 4.55. The second-order valence-electron chi connectivity index (χ2n) is 7.02. The number of ether oxygens (including phenoxy) is 1. The maximum absolute atomic E-state index is 13.5. The molecule has 0 aliphatic carbocycles. The van der Waals surface area contributed by atoms with Gasteiger partial charge < -0.3 is 10.1 Å². The Balaban J connectivity index is 1.89. The third kappa shape index (κ3) is 5.77. The normalized spacial score (nSPS) is 11.0. The number of nitrogens with one attached hydrogen (secondary N) is 1. The molecule has 0 atom stereocenters. The largest absolute Gasteiger partial charge is 0.493 e. The first-order valence-electron chi connectivity index (χ1n) is 9.89. The van der Waals surface area contributed by atoms with Crippen LogP contribution in [0.3, 0.4) is 0 Å². The Morgan fingerprint density at radius 3 is 2.67 bits per heavy atom.